The summed E-state index contributed by atoms with van der Waals surface area (Å²) in [5, 5.41) is 4.67. The third-order valence-electron chi connectivity index (χ3n) is 3.69. The van der Waals surface area contributed by atoms with Crippen LogP contribution in [-0.4, -0.2) is 23.5 Å². The van der Waals surface area contributed by atoms with Crippen LogP contribution in [0.4, 0.5) is 5.82 Å². The molecular weight excluding hydrogens is 290 g/mol. The Morgan fingerprint density at radius 1 is 1.43 bits per heavy atom. The van der Waals surface area contributed by atoms with Gasteiger partial charge in [-0.3, -0.25) is 4.68 Å². The maximum Gasteiger partial charge on any atom is 0.179 e. The number of halogens is 1. The molecule has 3 rings (SSSR count). The minimum atomic E-state index is 0.522. The molecule has 21 heavy (non-hydrogen) atoms. The third kappa shape index (κ3) is 2.78. The number of ether oxygens (including phenoxy) is 2. The van der Waals surface area contributed by atoms with Gasteiger partial charge in [0.15, 0.2) is 11.5 Å². The molecule has 112 valence electrons. The van der Waals surface area contributed by atoms with E-state index in [1.54, 1.807) is 25.0 Å². The number of aryl methyl sites for hydroxylation is 1. The lowest BCUT2D eigenvalue weighted by Gasteiger charge is -2.14. The van der Waals surface area contributed by atoms with Gasteiger partial charge in [0.2, 0.25) is 0 Å². The summed E-state index contributed by atoms with van der Waals surface area (Å²) in [7, 11) is 3.40. The zero-order valence-electron chi connectivity index (χ0n) is 12.1. The monoisotopic (exact) mass is 307 g/mol. The zero-order chi connectivity index (χ0) is 15.0. The summed E-state index contributed by atoms with van der Waals surface area (Å²) in [5.41, 5.74) is 7.69. The maximum atomic E-state index is 6.35. The first-order valence-corrected chi connectivity index (χ1v) is 7.26. The van der Waals surface area contributed by atoms with Gasteiger partial charge in [-0.25, -0.2) is 0 Å². The van der Waals surface area contributed by atoms with Crippen LogP contribution in [0, 0.1) is 5.92 Å². The molecular formula is C15H18ClN3O2. The Morgan fingerprint density at radius 2 is 2.19 bits per heavy atom. The van der Waals surface area contributed by atoms with Crippen LogP contribution in [0.5, 0.6) is 11.5 Å². The first-order valence-electron chi connectivity index (χ1n) is 6.88. The van der Waals surface area contributed by atoms with Crippen molar-refractivity contribution >= 4 is 17.4 Å². The molecule has 0 spiro atoms. The topological polar surface area (TPSA) is 62.3 Å². The van der Waals surface area contributed by atoms with E-state index >= 15 is 0 Å². The van der Waals surface area contributed by atoms with Crippen LogP contribution in [0.2, 0.25) is 5.02 Å². The van der Waals surface area contributed by atoms with E-state index in [1.165, 1.54) is 12.8 Å². The van der Waals surface area contributed by atoms with Crippen LogP contribution in [-0.2, 0) is 7.05 Å². The Kier molecular flexibility index (Phi) is 3.68. The number of nitrogen functional groups attached to an aromatic ring is 1. The molecule has 1 aliphatic carbocycles. The van der Waals surface area contributed by atoms with Gasteiger partial charge in [-0.15, -0.1) is 0 Å². The number of anilines is 1. The number of nitrogens with zero attached hydrogens (tertiary/aromatic N) is 2. The van der Waals surface area contributed by atoms with Crippen molar-refractivity contribution in [1.82, 2.24) is 9.78 Å². The van der Waals surface area contributed by atoms with Crippen LogP contribution >= 0.6 is 11.6 Å². The summed E-state index contributed by atoms with van der Waals surface area (Å²) in [5.74, 6) is 2.44. The normalized spacial score (nSPS) is 14.2. The highest BCUT2D eigenvalue weighted by atomic mass is 35.5. The molecule has 2 N–H and O–H groups in total. The number of hydrogen-bond acceptors (Lipinski definition) is 4. The van der Waals surface area contributed by atoms with Gasteiger partial charge < -0.3 is 15.2 Å². The van der Waals surface area contributed by atoms with Gasteiger partial charge in [-0.05, 0) is 36.5 Å². The molecule has 2 aromatic rings. The van der Waals surface area contributed by atoms with E-state index in [0.717, 1.165) is 11.1 Å². The number of hydrogen-bond donors (Lipinski definition) is 1. The van der Waals surface area contributed by atoms with Gasteiger partial charge in [0.1, 0.15) is 5.82 Å². The summed E-state index contributed by atoms with van der Waals surface area (Å²) in [6.45, 7) is 0.685. The molecule has 0 bridgehead atoms. The Labute approximate surface area is 128 Å². The molecule has 0 atom stereocenters. The minimum Gasteiger partial charge on any atom is -0.493 e. The smallest absolute Gasteiger partial charge is 0.179 e. The minimum absolute atomic E-state index is 0.522. The van der Waals surface area contributed by atoms with E-state index in [1.807, 2.05) is 12.1 Å². The lowest BCUT2D eigenvalue weighted by Crippen LogP contribution is -2.02. The quantitative estimate of drug-likeness (QED) is 0.922. The molecule has 0 saturated heterocycles. The van der Waals surface area contributed by atoms with Crippen molar-refractivity contribution in [3.8, 4) is 22.6 Å². The second-order valence-electron chi connectivity index (χ2n) is 5.31. The van der Waals surface area contributed by atoms with Crippen molar-refractivity contribution in [1.29, 1.82) is 0 Å². The van der Waals surface area contributed by atoms with E-state index in [2.05, 4.69) is 5.10 Å². The fraction of sp³-hybridized carbons (Fsp3) is 0.400. The van der Waals surface area contributed by atoms with Crippen molar-refractivity contribution in [3.63, 3.8) is 0 Å². The van der Waals surface area contributed by atoms with E-state index in [9.17, 15) is 0 Å². The van der Waals surface area contributed by atoms with Crippen molar-refractivity contribution < 1.29 is 9.47 Å². The predicted octanol–water partition coefficient (Wildman–Crippen LogP) is 3.12. The molecule has 0 unspecified atom stereocenters. The molecule has 0 aliphatic heterocycles. The first-order chi connectivity index (χ1) is 10.1. The van der Waals surface area contributed by atoms with Gasteiger partial charge in [-0.2, -0.15) is 5.10 Å². The largest absolute Gasteiger partial charge is 0.493 e. The average molecular weight is 308 g/mol. The molecule has 6 heteroatoms. The lowest BCUT2D eigenvalue weighted by atomic mass is 10.1. The Balaban J connectivity index is 1.96. The van der Waals surface area contributed by atoms with Crippen molar-refractivity contribution in [2.24, 2.45) is 13.0 Å². The maximum absolute atomic E-state index is 6.35. The SMILES string of the molecule is COc1cc(-c2cnn(C)c2N)cc(Cl)c1OCC1CC1. The second kappa shape index (κ2) is 5.48. The first kappa shape index (κ1) is 14.1. The molecule has 0 radical (unpaired) electrons. The van der Waals surface area contributed by atoms with E-state index < -0.39 is 0 Å². The zero-order valence-corrected chi connectivity index (χ0v) is 12.9. The highest BCUT2D eigenvalue weighted by Crippen LogP contribution is 2.41. The van der Waals surface area contributed by atoms with Crippen molar-refractivity contribution in [2.75, 3.05) is 19.5 Å². The molecule has 0 amide bonds. The van der Waals surface area contributed by atoms with Gasteiger partial charge in [0, 0.05) is 12.6 Å². The fourth-order valence-electron chi connectivity index (χ4n) is 2.17. The summed E-state index contributed by atoms with van der Waals surface area (Å²) in [6, 6.07) is 3.71. The summed E-state index contributed by atoms with van der Waals surface area (Å²) in [4.78, 5) is 0. The number of benzene rings is 1. The average Bonchev–Trinajstić information content (AvgIpc) is 3.23. The van der Waals surface area contributed by atoms with Crippen LogP contribution < -0.4 is 15.2 Å². The molecule has 1 aromatic heterocycles. The van der Waals surface area contributed by atoms with E-state index in [0.29, 0.717) is 34.9 Å². The fourth-order valence-corrected chi connectivity index (χ4v) is 2.44. The van der Waals surface area contributed by atoms with Crippen molar-refractivity contribution in [2.45, 2.75) is 12.8 Å². The Morgan fingerprint density at radius 3 is 2.76 bits per heavy atom. The van der Waals surface area contributed by atoms with Crippen LogP contribution in [0.15, 0.2) is 18.3 Å². The molecule has 1 aliphatic rings. The molecule has 1 aromatic carbocycles. The van der Waals surface area contributed by atoms with Crippen LogP contribution in [0.3, 0.4) is 0 Å². The van der Waals surface area contributed by atoms with Gasteiger partial charge in [0.25, 0.3) is 0 Å². The Hall–Kier alpha value is -1.88. The third-order valence-corrected chi connectivity index (χ3v) is 3.97. The second-order valence-corrected chi connectivity index (χ2v) is 5.72. The van der Waals surface area contributed by atoms with Crippen LogP contribution in [0.25, 0.3) is 11.1 Å². The van der Waals surface area contributed by atoms with Crippen molar-refractivity contribution in [3.05, 3.63) is 23.4 Å². The summed E-state index contributed by atoms with van der Waals surface area (Å²) >= 11 is 6.35. The Bertz CT molecular complexity index is 665. The highest BCUT2D eigenvalue weighted by molar-refractivity contribution is 6.32. The summed E-state index contributed by atoms with van der Waals surface area (Å²) in [6.07, 6.45) is 4.17. The standard InChI is InChI=1S/C15H18ClN3O2/c1-19-15(17)11(7-18-19)10-5-12(16)14(13(6-10)20-2)21-8-9-3-4-9/h5-7,9H,3-4,8,17H2,1-2H3. The lowest BCUT2D eigenvalue weighted by molar-refractivity contribution is 0.280. The molecule has 5 nitrogen and oxygen atoms in total. The summed E-state index contributed by atoms with van der Waals surface area (Å²) < 4.78 is 12.8. The number of nitrogens with two attached hydrogens (primary N) is 1. The molecule has 1 heterocycles. The van der Waals surface area contributed by atoms with Gasteiger partial charge >= 0.3 is 0 Å². The number of rotatable bonds is 5. The molecule has 1 saturated carbocycles. The number of methoxy groups -OCH3 is 1. The van der Waals surface area contributed by atoms with Crippen LogP contribution in [0.1, 0.15) is 12.8 Å². The highest BCUT2D eigenvalue weighted by Gasteiger charge is 2.24. The van der Waals surface area contributed by atoms with Gasteiger partial charge in [0.05, 0.1) is 24.9 Å². The van der Waals surface area contributed by atoms with E-state index in [4.69, 9.17) is 26.8 Å². The predicted molar refractivity (Wildman–Crippen MR) is 82.8 cm³/mol. The van der Waals surface area contributed by atoms with E-state index in [-0.39, 0.29) is 0 Å². The molecule has 1 fully saturated rings. The number of aromatic nitrogens is 2. The van der Waals surface area contributed by atoms with Gasteiger partial charge in [-0.1, -0.05) is 11.6 Å².